The average molecular weight is 583 g/mol. The number of anilines is 1. The Morgan fingerprint density at radius 1 is 1.07 bits per heavy atom. The van der Waals surface area contributed by atoms with Gasteiger partial charge < -0.3 is 14.8 Å². The molecule has 3 aromatic carbocycles. The summed E-state index contributed by atoms with van der Waals surface area (Å²) in [6, 6.07) is 25.9. The number of thioether (sulfide) groups is 1. The highest BCUT2D eigenvalue weighted by Crippen LogP contribution is 2.50. The monoisotopic (exact) mass is 582 g/mol. The minimum absolute atomic E-state index is 0.0117. The molecule has 216 valence electrons. The van der Waals surface area contributed by atoms with Crippen LogP contribution >= 0.6 is 11.8 Å². The van der Waals surface area contributed by atoms with Crippen LogP contribution in [0.4, 0.5) is 5.82 Å². The molecule has 4 aromatic rings. The van der Waals surface area contributed by atoms with E-state index in [2.05, 4.69) is 5.32 Å². The molecule has 0 bridgehead atoms. The standard InChI is InChI=1S/C33H34N4O4S/c1-22-14-16-24(17-15-22)37-33-30(31(35-37)23-9-4-3-5-10-23)32(26-12-6-7-13-27(26)40-2)42-21-29(39)36(33)20-28(38)34-19-25-11-8-18-41-25/h3-7,9-10,12-17,25,32H,8,11,18-21H2,1-2H3,(H,34,38)/t25-,32-/m1/s1. The van der Waals surface area contributed by atoms with E-state index >= 15 is 0 Å². The molecule has 1 N–H and O–H groups in total. The highest BCUT2D eigenvalue weighted by atomic mass is 32.2. The summed E-state index contributed by atoms with van der Waals surface area (Å²) in [7, 11) is 1.66. The average Bonchev–Trinajstić information content (AvgIpc) is 3.66. The maximum Gasteiger partial charge on any atom is 0.240 e. The topological polar surface area (TPSA) is 85.7 Å². The fourth-order valence-electron chi connectivity index (χ4n) is 5.56. The normalized spacial score (nSPS) is 18.4. The fourth-order valence-corrected chi connectivity index (χ4v) is 6.78. The Kier molecular flexibility index (Phi) is 8.30. The third-order valence-corrected chi connectivity index (χ3v) is 8.93. The molecule has 1 saturated heterocycles. The van der Waals surface area contributed by atoms with E-state index in [4.69, 9.17) is 14.6 Å². The van der Waals surface area contributed by atoms with Crippen molar-refractivity contribution in [1.29, 1.82) is 0 Å². The van der Waals surface area contributed by atoms with Crippen LogP contribution in [0.15, 0.2) is 78.9 Å². The number of para-hydroxylation sites is 1. The van der Waals surface area contributed by atoms with Crippen molar-refractivity contribution < 1.29 is 19.1 Å². The van der Waals surface area contributed by atoms with Crippen molar-refractivity contribution >= 4 is 29.4 Å². The number of carbonyl (C=O) groups is 2. The maximum absolute atomic E-state index is 13.9. The van der Waals surface area contributed by atoms with Gasteiger partial charge in [0.25, 0.3) is 0 Å². The van der Waals surface area contributed by atoms with Crippen LogP contribution in [0.1, 0.15) is 34.8 Å². The first-order chi connectivity index (χ1) is 20.5. The van der Waals surface area contributed by atoms with Gasteiger partial charge in [-0.15, -0.1) is 11.8 Å². The zero-order valence-corrected chi connectivity index (χ0v) is 24.6. The van der Waals surface area contributed by atoms with Crippen LogP contribution in [0.2, 0.25) is 0 Å². The second-order valence-corrected chi connectivity index (χ2v) is 11.6. The zero-order chi connectivity index (χ0) is 29.1. The molecule has 3 heterocycles. The van der Waals surface area contributed by atoms with Gasteiger partial charge in [0, 0.05) is 29.8 Å². The summed E-state index contributed by atoms with van der Waals surface area (Å²) in [5, 5.41) is 7.88. The Morgan fingerprint density at radius 3 is 2.57 bits per heavy atom. The van der Waals surface area contributed by atoms with Gasteiger partial charge in [0.15, 0.2) is 0 Å². The second kappa shape index (κ2) is 12.4. The number of rotatable bonds is 8. The summed E-state index contributed by atoms with van der Waals surface area (Å²) in [5.74, 6) is 1.13. The van der Waals surface area contributed by atoms with Gasteiger partial charge in [-0.3, -0.25) is 14.5 Å². The first-order valence-corrected chi connectivity index (χ1v) is 15.3. The van der Waals surface area contributed by atoms with Gasteiger partial charge in [-0.1, -0.05) is 66.2 Å². The number of fused-ring (bicyclic) bond motifs is 1. The fraction of sp³-hybridized carbons (Fsp3) is 0.303. The number of amides is 2. The molecular formula is C33H34N4O4S. The van der Waals surface area contributed by atoms with E-state index in [1.54, 1.807) is 12.0 Å². The lowest BCUT2D eigenvalue weighted by Gasteiger charge is -2.24. The van der Waals surface area contributed by atoms with Crippen molar-refractivity contribution in [3.05, 3.63) is 95.6 Å². The first-order valence-electron chi connectivity index (χ1n) is 14.2. The molecule has 0 unspecified atom stereocenters. The number of nitrogens with one attached hydrogen (secondary N) is 1. The number of hydrogen-bond acceptors (Lipinski definition) is 6. The minimum Gasteiger partial charge on any atom is -0.496 e. The number of nitrogens with zero attached hydrogens (tertiary/aromatic N) is 3. The van der Waals surface area contributed by atoms with E-state index in [0.717, 1.165) is 52.2 Å². The van der Waals surface area contributed by atoms with Crippen LogP contribution in [0.3, 0.4) is 0 Å². The molecule has 0 radical (unpaired) electrons. The van der Waals surface area contributed by atoms with Crippen LogP contribution in [0, 0.1) is 6.92 Å². The van der Waals surface area contributed by atoms with Crippen molar-refractivity contribution in [2.24, 2.45) is 0 Å². The third-order valence-electron chi connectivity index (χ3n) is 7.69. The highest BCUT2D eigenvalue weighted by Gasteiger charge is 2.38. The van der Waals surface area contributed by atoms with E-state index in [9.17, 15) is 9.59 Å². The predicted molar refractivity (Wildman–Crippen MR) is 165 cm³/mol. The number of aromatic nitrogens is 2. The molecule has 9 heteroatoms. The van der Waals surface area contributed by atoms with Crippen molar-refractivity contribution in [3.8, 4) is 22.7 Å². The molecule has 2 amide bonds. The van der Waals surface area contributed by atoms with E-state index < -0.39 is 0 Å². The predicted octanol–water partition coefficient (Wildman–Crippen LogP) is 5.32. The SMILES string of the molecule is COc1ccccc1[C@H]1SCC(=O)N(CC(=O)NC[C@H]2CCCO2)c2c1c(-c1ccccc1)nn2-c1ccc(C)cc1. The summed E-state index contributed by atoms with van der Waals surface area (Å²) in [6.07, 6.45) is 1.93. The van der Waals surface area contributed by atoms with Crippen LogP contribution in [-0.4, -0.2) is 60.3 Å². The maximum atomic E-state index is 13.9. The Hall–Kier alpha value is -4.08. The van der Waals surface area contributed by atoms with E-state index in [1.807, 2.05) is 90.5 Å². The van der Waals surface area contributed by atoms with Gasteiger partial charge in [-0.25, -0.2) is 4.68 Å². The van der Waals surface area contributed by atoms with Crippen molar-refractivity contribution in [3.63, 3.8) is 0 Å². The van der Waals surface area contributed by atoms with Gasteiger partial charge in [-0.2, -0.15) is 5.10 Å². The van der Waals surface area contributed by atoms with Gasteiger partial charge in [0.2, 0.25) is 11.8 Å². The smallest absolute Gasteiger partial charge is 0.240 e. The molecule has 1 fully saturated rings. The molecule has 6 rings (SSSR count). The number of carbonyl (C=O) groups excluding carboxylic acids is 2. The molecule has 0 aliphatic carbocycles. The van der Waals surface area contributed by atoms with Gasteiger partial charge in [-0.05, 0) is 38.0 Å². The Balaban J connectivity index is 1.53. The number of methoxy groups -OCH3 is 1. The first kappa shape index (κ1) is 28.1. The number of benzene rings is 3. The number of aryl methyl sites for hydroxylation is 1. The Morgan fingerprint density at radius 2 is 1.83 bits per heavy atom. The molecule has 42 heavy (non-hydrogen) atoms. The van der Waals surface area contributed by atoms with E-state index in [0.29, 0.717) is 19.0 Å². The summed E-state index contributed by atoms with van der Waals surface area (Å²) < 4.78 is 13.3. The highest BCUT2D eigenvalue weighted by molar-refractivity contribution is 8.00. The van der Waals surface area contributed by atoms with E-state index in [-0.39, 0.29) is 35.5 Å². The van der Waals surface area contributed by atoms with Gasteiger partial charge in [0.1, 0.15) is 18.1 Å². The van der Waals surface area contributed by atoms with Crippen molar-refractivity contribution in [2.45, 2.75) is 31.1 Å². The van der Waals surface area contributed by atoms with Gasteiger partial charge >= 0.3 is 0 Å². The molecule has 0 spiro atoms. The summed E-state index contributed by atoms with van der Waals surface area (Å²) in [6.45, 7) is 3.06. The minimum atomic E-state index is -0.269. The van der Waals surface area contributed by atoms with Crippen molar-refractivity contribution in [1.82, 2.24) is 15.1 Å². The second-order valence-electron chi connectivity index (χ2n) is 10.6. The summed E-state index contributed by atoms with van der Waals surface area (Å²) in [4.78, 5) is 28.9. The van der Waals surface area contributed by atoms with Crippen LogP contribution in [0.25, 0.3) is 16.9 Å². The molecular weight excluding hydrogens is 548 g/mol. The Bertz CT molecular complexity index is 1560. The molecule has 2 atom stereocenters. The zero-order valence-electron chi connectivity index (χ0n) is 23.8. The lowest BCUT2D eigenvalue weighted by Crippen LogP contribution is -2.44. The summed E-state index contributed by atoms with van der Waals surface area (Å²) >= 11 is 1.53. The lowest BCUT2D eigenvalue weighted by atomic mass is 9.99. The van der Waals surface area contributed by atoms with Crippen LogP contribution in [-0.2, 0) is 14.3 Å². The van der Waals surface area contributed by atoms with Crippen LogP contribution in [0.5, 0.6) is 5.75 Å². The Labute approximate surface area is 250 Å². The molecule has 8 nitrogen and oxygen atoms in total. The van der Waals surface area contributed by atoms with Crippen LogP contribution < -0.4 is 15.0 Å². The quantitative estimate of drug-likeness (QED) is 0.303. The van der Waals surface area contributed by atoms with E-state index in [1.165, 1.54) is 11.8 Å². The summed E-state index contributed by atoms with van der Waals surface area (Å²) in [5.41, 5.74) is 5.43. The van der Waals surface area contributed by atoms with Gasteiger partial charge in [0.05, 0.1) is 35.6 Å². The number of ether oxygens (including phenoxy) is 2. The number of hydrogen-bond donors (Lipinski definition) is 1. The molecule has 2 aliphatic heterocycles. The lowest BCUT2D eigenvalue weighted by molar-refractivity contribution is -0.123. The molecule has 1 aromatic heterocycles. The molecule has 2 aliphatic rings. The molecule has 0 saturated carbocycles. The largest absolute Gasteiger partial charge is 0.496 e. The third kappa shape index (κ3) is 5.67. The van der Waals surface area contributed by atoms with Crippen molar-refractivity contribution in [2.75, 3.05) is 37.5 Å².